The number of nitriles is 1. The first kappa shape index (κ1) is 58.0. The lowest BCUT2D eigenvalue weighted by molar-refractivity contribution is 1.18. The molecule has 0 atom stereocenters. The van der Waals surface area contributed by atoms with E-state index in [0.717, 1.165) is 67.6 Å². The van der Waals surface area contributed by atoms with Crippen LogP contribution in [-0.4, -0.2) is 14.1 Å². The quantitative estimate of drug-likeness (QED) is 0.0903. The Balaban J connectivity index is 0.000000150. The summed E-state index contributed by atoms with van der Waals surface area (Å²) >= 11 is 0. The van der Waals surface area contributed by atoms with Gasteiger partial charge in [0.2, 0.25) is 0 Å². The highest BCUT2D eigenvalue weighted by Crippen LogP contribution is 2.46. The van der Waals surface area contributed by atoms with Crippen molar-refractivity contribution in [2.24, 2.45) is 0 Å². The topological polar surface area (TPSA) is 61.7 Å². The van der Waals surface area contributed by atoms with E-state index in [2.05, 4.69) is 288 Å². The zero-order chi connectivity index (χ0) is 65.6. The summed E-state index contributed by atoms with van der Waals surface area (Å²) in [7, 11) is 0. The smallest absolute Gasteiger partial charge is 0.187 e. The average Bonchev–Trinajstić information content (AvgIpc) is 1.56. The van der Waals surface area contributed by atoms with Gasteiger partial charge < -0.3 is 18.9 Å². The van der Waals surface area contributed by atoms with E-state index in [1.165, 1.54) is 87.5 Å². The molecule has 0 spiro atoms. The number of para-hydroxylation sites is 2. The molecule has 0 N–H and O–H groups in total. The number of anilines is 6. The number of nitrogens with zero attached hydrogens (tertiary/aromatic N) is 8. The molecule has 18 aromatic rings. The number of aromatic nitrogens is 3. The number of hydrogen-bond donors (Lipinski definition) is 0. The Hall–Kier alpha value is -13.8. The predicted octanol–water partition coefficient (Wildman–Crippen LogP) is 24.7. The lowest BCUT2D eigenvalue weighted by Gasteiger charge is -2.26. The molecule has 3 aromatic heterocycles. The van der Waals surface area contributed by atoms with Crippen LogP contribution in [0.25, 0.3) is 131 Å². The molecular weight excluding hydrogens is 1190 g/mol. The van der Waals surface area contributed by atoms with Gasteiger partial charge in [-0.05, 0) is 206 Å². The minimum atomic E-state index is 0.595. The maximum Gasteiger partial charge on any atom is 0.187 e. The molecular formula is C90H56N8. The van der Waals surface area contributed by atoms with Crippen LogP contribution in [0.1, 0.15) is 5.56 Å². The van der Waals surface area contributed by atoms with Crippen LogP contribution in [0, 0.1) is 24.5 Å². The van der Waals surface area contributed by atoms with Crippen molar-refractivity contribution in [3.8, 4) is 62.0 Å². The third-order valence-electron chi connectivity index (χ3n) is 18.9. The van der Waals surface area contributed by atoms with E-state index in [1.54, 1.807) is 6.20 Å². The molecule has 0 saturated carbocycles. The molecule has 98 heavy (non-hydrogen) atoms. The third-order valence-corrected chi connectivity index (χ3v) is 18.9. The Morgan fingerprint density at radius 2 is 0.673 bits per heavy atom. The van der Waals surface area contributed by atoms with Crippen LogP contribution in [0.2, 0.25) is 0 Å². The molecule has 0 aliphatic heterocycles. The van der Waals surface area contributed by atoms with E-state index >= 15 is 0 Å². The zero-order valence-corrected chi connectivity index (χ0v) is 52.9. The van der Waals surface area contributed by atoms with Crippen LogP contribution in [0.5, 0.6) is 0 Å². The molecule has 0 aliphatic rings. The highest BCUT2D eigenvalue weighted by atomic mass is 15.1. The van der Waals surface area contributed by atoms with Crippen molar-refractivity contribution in [1.29, 1.82) is 5.26 Å². The molecule has 15 aromatic carbocycles. The normalized spacial score (nSPS) is 11.2. The van der Waals surface area contributed by atoms with Crippen molar-refractivity contribution in [2.75, 3.05) is 9.80 Å². The van der Waals surface area contributed by atoms with Gasteiger partial charge >= 0.3 is 0 Å². The highest BCUT2D eigenvalue weighted by molar-refractivity contribution is 6.28. The second-order valence-corrected chi connectivity index (χ2v) is 24.4. The molecule has 0 amide bonds. The standard InChI is InChI=1S/C50H32N4.C40H24N4/c1-51-40-21-27-44(28-22-40)53(43-25-18-36(19-26-43)39-8-6-32-52-33-39)42-23-16-35(17-24-42)34-12-14-37(15-13-34)45-30-31-48-50-46(45)29-20-38-7-5-11-47(49(38)50)54(48)41-9-3-2-4-10-41;1-42-30-15-21-34(22-16-30)43(32-17-10-27(26-41)11-18-32)33-19-12-28(13-20-33)35-24-25-38-40-36(35)23-14-29-6-5-9-37(39(29)40)44(38)31-7-3-2-4-8-31/h2-33H;2-25H. The van der Waals surface area contributed by atoms with Crippen molar-refractivity contribution in [3.63, 3.8) is 0 Å². The van der Waals surface area contributed by atoms with E-state index in [-0.39, 0.29) is 0 Å². The minimum Gasteiger partial charge on any atom is -0.311 e. The molecule has 18 rings (SSSR count). The number of benzene rings is 15. The first-order valence-corrected chi connectivity index (χ1v) is 32.5. The van der Waals surface area contributed by atoms with E-state index in [9.17, 15) is 5.26 Å². The van der Waals surface area contributed by atoms with Crippen LogP contribution >= 0.6 is 0 Å². The van der Waals surface area contributed by atoms with Crippen molar-refractivity contribution < 1.29 is 0 Å². The summed E-state index contributed by atoms with van der Waals surface area (Å²) in [5, 5.41) is 19.5. The Bertz CT molecular complexity index is 6010. The lowest BCUT2D eigenvalue weighted by atomic mass is 9.93. The first-order valence-electron chi connectivity index (χ1n) is 32.5. The Kier molecular flexibility index (Phi) is 14.5. The van der Waals surface area contributed by atoms with Crippen molar-refractivity contribution >= 4 is 111 Å². The molecule has 8 heteroatoms. The Morgan fingerprint density at radius 3 is 1.07 bits per heavy atom. The fraction of sp³-hybridized carbons (Fsp3) is 0. The van der Waals surface area contributed by atoms with E-state index < -0.39 is 0 Å². The second kappa shape index (κ2) is 24.6. The first-order chi connectivity index (χ1) is 48.5. The molecule has 3 heterocycles. The molecule has 0 aliphatic carbocycles. The Morgan fingerprint density at radius 1 is 0.306 bits per heavy atom. The number of hydrogen-bond acceptors (Lipinski definition) is 4. The van der Waals surface area contributed by atoms with E-state index in [4.69, 9.17) is 13.1 Å². The van der Waals surface area contributed by atoms with Crippen LogP contribution in [0.3, 0.4) is 0 Å². The van der Waals surface area contributed by atoms with Gasteiger partial charge in [0.1, 0.15) is 0 Å². The van der Waals surface area contributed by atoms with Crippen molar-refractivity contribution in [2.45, 2.75) is 0 Å². The maximum absolute atomic E-state index is 9.33. The zero-order valence-electron chi connectivity index (χ0n) is 52.9. The predicted molar refractivity (Wildman–Crippen MR) is 405 cm³/mol. The summed E-state index contributed by atoms with van der Waals surface area (Å²) in [5.74, 6) is 0. The van der Waals surface area contributed by atoms with Gasteiger partial charge in [0.25, 0.3) is 0 Å². The fourth-order valence-corrected chi connectivity index (χ4v) is 14.3. The Labute approximate surface area is 566 Å². The second-order valence-electron chi connectivity index (χ2n) is 24.4. The fourth-order valence-electron chi connectivity index (χ4n) is 14.3. The summed E-state index contributed by atoms with van der Waals surface area (Å²) in [6.45, 7) is 14.8. The van der Waals surface area contributed by atoms with E-state index in [1.807, 2.05) is 85.1 Å². The van der Waals surface area contributed by atoms with Gasteiger partial charge in [0.05, 0.1) is 46.8 Å². The maximum atomic E-state index is 9.33. The SMILES string of the molecule is [C-]#[N+]c1ccc(N(c2ccc(-c3ccc(-c4ccc5c6c4ccc4cccc(c46)n5-c4ccccc4)cc3)cc2)c2ccc(-c3cccnc3)cc2)cc1.[C-]#[N+]c1ccc(N(c2ccc(C#N)cc2)c2ccc(-c3ccc4c5c3ccc3cccc(c35)n4-c3ccccc3)cc2)cc1. The monoisotopic (exact) mass is 1250 g/mol. The summed E-state index contributed by atoms with van der Waals surface area (Å²) in [6, 6.07) is 116. The molecule has 0 radical (unpaired) electrons. The van der Waals surface area contributed by atoms with E-state index in [0.29, 0.717) is 16.9 Å². The highest BCUT2D eigenvalue weighted by Gasteiger charge is 2.22. The molecule has 8 nitrogen and oxygen atoms in total. The summed E-state index contributed by atoms with van der Waals surface area (Å²) in [6.07, 6.45) is 3.67. The van der Waals surface area contributed by atoms with Gasteiger partial charge in [-0.1, -0.05) is 188 Å². The number of rotatable bonds is 12. The lowest BCUT2D eigenvalue weighted by Crippen LogP contribution is -2.09. The van der Waals surface area contributed by atoms with Gasteiger partial charge in [-0.2, -0.15) is 5.26 Å². The summed E-state index contributed by atoms with van der Waals surface area (Å²) in [5.41, 5.74) is 24.2. The molecule has 0 fully saturated rings. The molecule has 0 bridgehead atoms. The van der Waals surface area contributed by atoms with Crippen LogP contribution in [0.15, 0.2) is 340 Å². The van der Waals surface area contributed by atoms with Gasteiger partial charge in [0, 0.05) is 79.4 Å². The number of pyridine rings is 1. The van der Waals surface area contributed by atoms with Crippen LogP contribution in [-0.2, 0) is 0 Å². The van der Waals surface area contributed by atoms with Crippen LogP contribution in [0.4, 0.5) is 45.5 Å². The third kappa shape index (κ3) is 10.2. The average molecular weight is 1250 g/mol. The largest absolute Gasteiger partial charge is 0.311 e. The summed E-state index contributed by atoms with van der Waals surface area (Å²) < 4.78 is 4.76. The van der Waals surface area contributed by atoms with Crippen molar-refractivity contribution in [1.82, 2.24) is 14.1 Å². The van der Waals surface area contributed by atoms with Crippen molar-refractivity contribution in [3.05, 3.63) is 368 Å². The van der Waals surface area contributed by atoms with Crippen LogP contribution < -0.4 is 9.80 Å². The van der Waals surface area contributed by atoms with Gasteiger partial charge in [0.15, 0.2) is 11.4 Å². The minimum absolute atomic E-state index is 0.595. The van der Waals surface area contributed by atoms with Gasteiger partial charge in [-0.3, -0.25) is 4.98 Å². The molecule has 0 unspecified atom stereocenters. The van der Waals surface area contributed by atoms with Gasteiger partial charge in [-0.15, -0.1) is 0 Å². The van der Waals surface area contributed by atoms with Gasteiger partial charge in [-0.25, -0.2) is 9.69 Å². The molecule has 0 saturated heterocycles. The summed E-state index contributed by atoms with van der Waals surface area (Å²) in [4.78, 5) is 15.8. The molecule has 456 valence electrons.